The minimum Gasteiger partial charge on any atom is -0.312 e. The number of fused-ring (bicyclic) bond motifs is 1. The Balaban J connectivity index is 2.39. The standard InChI is InChI=1S/C8H11N3/c1-9-7-3-2-6-4-10-5-11-8(6)7/h4-5,7,9H,2-3H2,1H3. The van der Waals surface area contributed by atoms with E-state index in [1.807, 2.05) is 13.2 Å². The third kappa shape index (κ3) is 1.01. The van der Waals surface area contributed by atoms with Crippen molar-refractivity contribution in [3.63, 3.8) is 0 Å². The van der Waals surface area contributed by atoms with Crippen LogP contribution in [0.2, 0.25) is 0 Å². The molecule has 1 N–H and O–H groups in total. The summed E-state index contributed by atoms with van der Waals surface area (Å²) in [6, 6.07) is 0.452. The number of hydrogen-bond donors (Lipinski definition) is 1. The fraction of sp³-hybridized carbons (Fsp3) is 0.500. The smallest absolute Gasteiger partial charge is 0.115 e. The lowest BCUT2D eigenvalue weighted by atomic mass is 10.2. The maximum Gasteiger partial charge on any atom is 0.115 e. The van der Waals surface area contributed by atoms with Crippen molar-refractivity contribution in [1.82, 2.24) is 15.3 Å². The molecule has 3 nitrogen and oxygen atoms in total. The van der Waals surface area contributed by atoms with Crippen LogP contribution in [0, 0.1) is 0 Å². The molecule has 1 unspecified atom stereocenters. The largest absolute Gasteiger partial charge is 0.312 e. The van der Waals surface area contributed by atoms with E-state index in [9.17, 15) is 0 Å². The molecule has 1 aromatic heterocycles. The van der Waals surface area contributed by atoms with Crippen LogP contribution < -0.4 is 5.32 Å². The van der Waals surface area contributed by atoms with Crippen molar-refractivity contribution in [2.75, 3.05) is 7.05 Å². The predicted molar refractivity (Wildman–Crippen MR) is 42.2 cm³/mol. The zero-order valence-electron chi connectivity index (χ0n) is 6.54. The monoisotopic (exact) mass is 149 g/mol. The Hall–Kier alpha value is -0.960. The lowest BCUT2D eigenvalue weighted by Gasteiger charge is -2.06. The number of nitrogens with one attached hydrogen (secondary N) is 1. The molecule has 58 valence electrons. The normalized spacial score (nSPS) is 21.7. The molecule has 0 aromatic carbocycles. The molecule has 1 aromatic rings. The van der Waals surface area contributed by atoms with Crippen molar-refractivity contribution < 1.29 is 0 Å². The molecule has 3 heteroatoms. The van der Waals surface area contributed by atoms with E-state index in [1.165, 1.54) is 11.3 Å². The van der Waals surface area contributed by atoms with Crippen LogP contribution in [0.3, 0.4) is 0 Å². The van der Waals surface area contributed by atoms with Crippen molar-refractivity contribution in [3.05, 3.63) is 23.8 Å². The minimum atomic E-state index is 0.452. The highest BCUT2D eigenvalue weighted by Gasteiger charge is 2.21. The summed E-state index contributed by atoms with van der Waals surface area (Å²) in [7, 11) is 1.97. The summed E-state index contributed by atoms with van der Waals surface area (Å²) >= 11 is 0. The maximum absolute atomic E-state index is 4.24. The van der Waals surface area contributed by atoms with E-state index >= 15 is 0 Å². The van der Waals surface area contributed by atoms with Gasteiger partial charge >= 0.3 is 0 Å². The topological polar surface area (TPSA) is 37.8 Å². The van der Waals surface area contributed by atoms with Crippen molar-refractivity contribution in [3.8, 4) is 0 Å². The molecule has 1 aliphatic carbocycles. The summed E-state index contributed by atoms with van der Waals surface area (Å²) in [5, 5.41) is 3.23. The first-order chi connectivity index (χ1) is 5.42. The highest BCUT2D eigenvalue weighted by atomic mass is 14.9. The molecule has 1 aliphatic rings. The SMILES string of the molecule is CNC1CCc2cncnc21. The van der Waals surface area contributed by atoms with Gasteiger partial charge in [-0.25, -0.2) is 9.97 Å². The number of hydrogen-bond acceptors (Lipinski definition) is 3. The van der Waals surface area contributed by atoms with E-state index in [2.05, 4.69) is 15.3 Å². The molecule has 0 radical (unpaired) electrons. The van der Waals surface area contributed by atoms with Gasteiger partial charge in [-0.3, -0.25) is 0 Å². The third-order valence-corrected chi connectivity index (χ3v) is 2.20. The van der Waals surface area contributed by atoms with Gasteiger partial charge in [0.05, 0.1) is 5.69 Å². The van der Waals surface area contributed by atoms with Crippen LogP contribution in [0.1, 0.15) is 23.7 Å². The highest BCUT2D eigenvalue weighted by Crippen LogP contribution is 2.27. The van der Waals surface area contributed by atoms with Gasteiger partial charge < -0.3 is 5.32 Å². The molecule has 1 heterocycles. The van der Waals surface area contributed by atoms with E-state index in [-0.39, 0.29) is 0 Å². The van der Waals surface area contributed by atoms with Crippen molar-refractivity contribution in [2.45, 2.75) is 18.9 Å². The maximum atomic E-state index is 4.24. The molecule has 0 saturated heterocycles. The van der Waals surface area contributed by atoms with Crippen LogP contribution in [-0.2, 0) is 6.42 Å². The second-order valence-electron chi connectivity index (χ2n) is 2.81. The molecule has 1 atom stereocenters. The molecule has 0 aliphatic heterocycles. The van der Waals surface area contributed by atoms with Crippen LogP contribution in [0.5, 0.6) is 0 Å². The van der Waals surface area contributed by atoms with Crippen LogP contribution in [0.25, 0.3) is 0 Å². The summed E-state index contributed by atoms with van der Waals surface area (Å²) < 4.78 is 0. The lowest BCUT2D eigenvalue weighted by Crippen LogP contribution is -2.13. The summed E-state index contributed by atoms with van der Waals surface area (Å²) in [6.45, 7) is 0. The first-order valence-electron chi connectivity index (χ1n) is 3.88. The number of aryl methyl sites for hydroxylation is 1. The minimum absolute atomic E-state index is 0.452. The van der Waals surface area contributed by atoms with Crippen molar-refractivity contribution in [2.24, 2.45) is 0 Å². The van der Waals surface area contributed by atoms with Crippen LogP contribution in [0.4, 0.5) is 0 Å². The summed E-state index contributed by atoms with van der Waals surface area (Å²) in [5.74, 6) is 0. The van der Waals surface area contributed by atoms with Gasteiger partial charge in [0, 0.05) is 12.2 Å². The molecule has 0 saturated carbocycles. The fourth-order valence-corrected chi connectivity index (χ4v) is 1.59. The Labute approximate surface area is 65.9 Å². The van der Waals surface area contributed by atoms with Crippen molar-refractivity contribution in [1.29, 1.82) is 0 Å². The lowest BCUT2D eigenvalue weighted by molar-refractivity contribution is 0.578. The van der Waals surface area contributed by atoms with E-state index in [1.54, 1.807) is 6.33 Å². The fourth-order valence-electron chi connectivity index (χ4n) is 1.59. The summed E-state index contributed by atoms with van der Waals surface area (Å²) in [6.07, 6.45) is 5.81. The third-order valence-electron chi connectivity index (χ3n) is 2.20. The molecule has 2 rings (SSSR count). The van der Waals surface area contributed by atoms with Gasteiger partial charge in [-0.2, -0.15) is 0 Å². The van der Waals surface area contributed by atoms with E-state index in [0.717, 1.165) is 12.8 Å². The number of rotatable bonds is 1. The zero-order chi connectivity index (χ0) is 7.68. The summed E-state index contributed by atoms with van der Waals surface area (Å²) in [4.78, 5) is 8.22. The van der Waals surface area contributed by atoms with Crippen LogP contribution >= 0.6 is 0 Å². The molecule has 0 bridgehead atoms. The highest BCUT2D eigenvalue weighted by molar-refractivity contribution is 5.24. The average molecular weight is 149 g/mol. The van der Waals surface area contributed by atoms with Gasteiger partial charge in [-0.05, 0) is 25.5 Å². The molecular weight excluding hydrogens is 138 g/mol. The zero-order valence-corrected chi connectivity index (χ0v) is 6.54. The molecule has 0 fully saturated rings. The molecule has 11 heavy (non-hydrogen) atoms. The molecular formula is C8H11N3. The first-order valence-corrected chi connectivity index (χ1v) is 3.88. The van der Waals surface area contributed by atoms with E-state index in [0.29, 0.717) is 6.04 Å². The molecule has 0 amide bonds. The second kappa shape index (κ2) is 2.58. The summed E-state index contributed by atoms with van der Waals surface area (Å²) in [5.41, 5.74) is 2.48. The van der Waals surface area contributed by atoms with Gasteiger partial charge in [0.2, 0.25) is 0 Å². The van der Waals surface area contributed by atoms with Gasteiger partial charge in [-0.1, -0.05) is 0 Å². The second-order valence-corrected chi connectivity index (χ2v) is 2.81. The van der Waals surface area contributed by atoms with Crippen LogP contribution in [0.15, 0.2) is 12.5 Å². The first kappa shape index (κ1) is 6.73. The van der Waals surface area contributed by atoms with Gasteiger partial charge in [-0.15, -0.1) is 0 Å². The molecule has 0 spiro atoms. The van der Waals surface area contributed by atoms with Gasteiger partial charge in [0.25, 0.3) is 0 Å². The Morgan fingerprint density at radius 2 is 2.55 bits per heavy atom. The quantitative estimate of drug-likeness (QED) is 0.638. The van der Waals surface area contributed by atoms with E-state index < -0.39 is 0 Å². The number of aromatic nitrogens is 2. The van der Waals surface area contributed by atoms with Gasteiger partial charge in [0.15, 0.2) is 0 Å². The van der Waals surface area contributed by atoms with Crippen molar-refractivity contribution >= 4 is 0 Å². The Morgan fingerprint density at radius 3 is 3.36 bits per heavy atom. The van der Waals surface area contributed by atoms with E-state index in [4.69, 9.17) is 0 Å². The Morgan fingerprint density at radius 1 is 1.64 bits per heavy atom. The Kier molecular flexibility index (Phi) is 1.58. The predicted octanol–water partition coefficient (Wildman–Crippen LogP) is 0.683. The number of nitrogens with zero attached hydrogens (tertiary/aromatic N) is 2. The van der Waals surface area contributed by atoms with Crippen LogP contribution in [-0.4, -0.2) is 17.0 Å². The van der Waals surface area contributed by atoms with Gasteiger partial charge in [0.1, 0.15) is 6.33 Å². The average Bonchev–Trinajstić information content (AvgIpc) is 2.47. The Bertz CT molecular complexity index is 259.